The van der Waals surface area contributed by atoms with Crippen LogP contribution < -0.4 is 5.53 Å². The third-order valence-electron chi connectivity index (χ3n) is 2.32. The first-order valence-corrected chi connectivity index (χ1v) is 7.19. The Morgan fingerprint density at radius 1 is 1.29 bits per heavy atom. The third kappa shape index (κ3) is 6.72. The van der Waals surface area contributed by atoms with Gasteiger partial charge in [-0.2, -0.15) is 5.53 Å². The van der Waals surface area contributed by atoms with Crippen molar-refractivity contribution in [3.05, 3.63) is 0 Å². The highest BCUT2D eigenvalue weighted by Gasteiger charge is 2.23. The van der Waals surface area contributed by atoms with Gasteiger partial charge >= 0.3 is 13.6 Å². The number of nitrogens with one attached hydrogen (secondary N) is 1. The first kappa shape index (κ1) is 14.6. The molecule has 0 saturated carbocycles. The van der Waals surface area contributed by atoms with Gasteiger partial charge in [-0.25, -0.2) is 10.0 Å². The van der Waals surface area contributed by atoms with Gasteiger partial charge < -0.3 is 14.9 Å². The van der Waals surface area contributed by atoms with Crippen LogP contribution in [0.2, 0.25) is 0 Å². The summed E-state index contributed by atoms with van der Waals surface area (Å²) in [5.41, 5.74) is 2.74. The van der Waals surface area contributed by atoms with E-state index >= 15 is 0 Å². The topological polar surface area (TPSA) is 113 Å². The summed E-state index contributed by atoms with van der Waals surface area (Å²) in [5.74, 6) is -1.14. The van der Waals surface area contributed by atoms with E-state index in [1.54, 1.807) is 5.01 Å². The number of hydrogen-bond donors (Lipinski definition) is 4. The highest BCUT2D eigenvalue weighted by atomic mass is 31.2. The van der Waals surface area contributed by atoms with Gasteiger partial charge in [0.05, 0.1) is 0 Å². The molecule has 1 aliphatic heterocycles. The predicted molar refractivity (Wildman–Crippen MR) is 59.8 cm³/mol. The standard InChI is InChI=1S/C8H18N3O5P/c12-8(13)6-11(7-17(14,15)16)9-10-4-2-1-3-5-10/h9H,1-7H2,(H,12,13)(H2,14,15,16). The molecule has 0 aromatic carbocycles. The van der Waals surface area contributed by atoms with Crippen molar-refractivity contribution in [1.29, 1.82) is 0 Å². The van der Waals surface area contributed by atoms with E-state index in [0.29, 0.717) is 0 Å². The van der Waals surface area contributed by atoms with Crippen LogP contribution in [0.1, 0.15) is 19.3 Å². The van der Waals surface area contributed by atoms with Crippen LogP contribution in [0.3, 0.4) is 0 Å². The summed E-state index contributed by atoms with van der Waals surface area (Å²) in [6.45, 7) is 1.04. The van der Waals surface area contributed by atoms with E-state index < -0.39 is 26.4 Å². The van der Waals surface area contributed by atoms with E-state index in [2.05, 4.69) is 5.53 Å². The summed E-state index contributed by atoms with van der Waals surface area (Å²) in [6, 6.07) is 0. The number of aliphatic carboxylic acids is 1. The third-order valence-corrected chi connectivity index (χ3v) is 3.03. The summed E-state index contributed by atoms with van der Waals surface area (Å²) < 4.78 is 10.9. The van der Waals surface area contributed by atoms with Crippen LogP contribution in [-0.2, 0) is 9.36 Å². The molecule has 0 aromatic heterocycles. The lowest BCUT2D eigenvalue weighted by atomic mass is 10.2. The second-order valence-electron chi connectivity index (χ2n) is 4.05. The highest BCUT2D eigenvalue weighted by molar-refractivity contribution is 7.51. The monoisotopic (exact) mass is 267 g/mol. The molecule has 0 unspecified atom stereocenters. The van der Waals surface area contributed by atoms with Crippen molar-refractivity contribution < 1.29 is 24.3 Å². The molecule has 1 heterocycles. The molecule has 4 N–H and O–H groups in total. The SMILES string of the molecule is O=C(O)CN(CP(=O)(O)O)NN1CCCCC1. The molecule has 1 fully saturated rings. The Kier molecular flexibility index (Phi) is 5.51. The quantitative estimate of drug-likeness (QED) is 0.373. The second kappa shape index (κ2) is 6.44. The average Bonchev–Trinajstić information content (AvgIpc) is 2.15. The summed E-state index contributed by atoms with van der Waals surface area (Å²) in [5, 5.41) is 11.5. The zero-order valence-corrected chi connectivity index (χ0v) is 10.3. The zero-order valence-electron chi connectivity index (χ0n) is 9.45. The van der Waals surface area contributed by atoms with Crippen molar-refractivity contribution in [3.8, 4) is 0 Å². The number of carboxylic acid groups (broad SMARTS) is 1. The van der Waals surface area contributed by atoms with Crippen LogP contribution in [0.5, 0.6) is 0 Å². The molecule has 9 heteroatoms. The maximum Gasteiger partial charge on any atom is 0.340 e. The summed E-state index contributed by atoms with van der Waals surface area (Å²) >= 11 is 0. The molecule has 0 spiro atoms. The van der Waals surface area contributed by atoms with E-state index in [1.807, 2.05) is 0 Å². The van der Waals surface area contributed by atoms with Crippen LogP contribution in [0.15, 0.2) is 0 Å². The fraction of sp³-hybridized carbons (Fsp3) is 0.875. The van der Waals surface area contributed by atoms with E-state index in [0.717, 1.165) is 37.4 Å². The Labute approximate surface area is 99.3 Å². The first-order chi connectivity index (χ1) is 7.87. The average molecular weight is 267 g/mol. The number of piperidine rings is 1. The molecule has 0 atom stereocenters. The Bertz CT molecular complexity index is 302. The largest absolute Gasteiger partial charge is 0.480 e. The Morgan fingerprint density at radius 2 is 1.88 bits per heavy atom. The molecule has 1 saturated heterocycles. The molecule has 0 aromatic rings. The van der Waals surface area contributed by atoms with Crippen LogP contribution >= 0.6 is 7.60 Å². The number of carbonyl (C=O) groups is 1. The first-order valence-electron chi connectivity index (χ1n) is 5.39. The predicted octanol–water partition coefficient (Wildman–Crippen LogP) is -0.586. The van der Waals surface area contributed by atoms with Gasteiger partial charge in [0, 0.05) is 13.1 Å². The van der Waals surface area contributed by atoms with Gasteiger partial charge in [0.2, 0.25) is 0 Å². The van der Waals surface area contributed by atoms with Crippen molar-refractivity contribution in [3.63, 3.8) is 0 Å². The molecular formula is C8H18N3O5P. The molecule has 100 valence electrons. The normalized spacial score (nSPS) is 18.5. The van der Waals surface area contributed by atoms with Crippen LogP contribution in [0.25, 0.3) is 0 Å². The molecule has 0 radical (unpaired) electrons. The van der Waals surface area contributed by atoms with Gasteiger partial charge in [0.1, 0.15) is 12.8 Å². The van der Waals surface area contributed by atoms with E-state index in [-0.39, 0.29) is 0 Å². The molecule has 1 aliphatic rings. The Morgan fingerprint density at radius 3 is 2.35 bits per heavy atom. The van der Waals surface area contributed by atoms with Crippen molar-refractivity contribution in [2.45, 2.75) is 19.3 Å². The summed E-state index contributed by atoms with van der Waals surface area (Å²) in [4.78, 5) is 28.3. The van der Waals surface area contributed by atoms with Crippen molar-refractivity contribution in [2.24, 2.45) is 0 Å². The fourth-order valence-corrected chi connectivity index (χ4v) is 2.30. The molecule has 1 rings (SSSR count). The minimum atomic E-state index is -4.27. The van der Waals surface area contributed by atoms with Gasteiger partial charge in [0.25, 0.3) is 0 Å². The van der Waals surface area contributed by atoms with Crippen LogP contribution in [0.4, 0.5) is 0 Å². The van der Waals surface area contributed by atoms with Gasteiger partial charge in [-0.05, 0) is 12.8 Å². The number of carboxylic acids is 1. The van der Waals surface area contributed by atoms with E-state index in [9.17, 15) is 9.36 Å². The maximum atomic E-state index is 10.9. The van der Waals surface area contributed by atoms with Crippen molar-refractivity contribution >= 4 is 13.6 Å². The minimum Gasteiger partial charge on any atom is -0.480 e. The highest BCUT2D eigenvalue weighted by Crippen LogP contribution is 2.34. The molecular weight excluding hydrogens is 249 g/mol. The molecule has 0 amide bonds. The van der Waals surface area contributed by atoms with Crippen molar-refractivity contribution in [1.82, 2.24) is 15.6 Å². The molecule has 0 aliphatic carbocycles. The van der Waals surface area contributed by atoms with E-state index in [1.165, 1.54) is 0 Å². The Balaban J connectivity index is 2.49. The number of hydrazine groups is 2. The van der Waals surface area contributed by atoms with Gasteiger partial charge in [-0.15, -0.1) is 0 Å². The smallest absolute Gasteiger partial charge is 0.340 e. The van der Waals surface area contributed by atoms with Crippen molar-refractivity contribution in [2.75, 3.05) is 25.9 Å². The van der Waals surface area contributed by atoms with Crippen LogP contribution in [-0.4, -0.2) is 56.8 Å². The minimum absolute atomic E-state index is 0.457. The van der Waals surface area contributed by atoms with Crippen LogP contribution in [0, 0.1) is 0 Å². The molecule has 0 bridgehead atoms. The lowest BCUT2D eigenvalue weighted by molar-refractivity contribution is -0.140. The van der Waals surface area contributed by atoms with Gasteiger partial charge in [-0.1, -0.05) is 6.42 Å². The fourth-order valence-electron chi connectivity index (χ4n) is 1.70. The lowest BCUT2D eigenvalue weighted by Gasteiger charge is -2.32. The zero-order chi connectivity index (χ0) is 12.9. The molecule has 8 nitrogen and oxygen atoms in total. The second-order valence-corrected chi connectivity index (χ2v) is 5.66. The molecule has 17 heavy (non-hydrogen) atoms. The van der Waals surface area contributed by atoms with E-state index in [4.69, 9.17) is 14.9 Å². The van der Waals surface area contributed by atoms with Gasteiger partial charge in [-0.3, -0.25) is 9.36 Å². The summed E-state index contributed by atoms with van der Waals surface area (Å²) in [6.07, 6.45) is 2.49. The lowest BCUT2D eigenvalue weighted by Crippen LogP contribution is -2.53. The number of nitrogens with zero attached hydrogens (tertiary/aromatic N) is 2. The number of rotatable bonds is 6. The maximum absolute atomic E-state index is 10.9. The number of hydrogen-bond acceptors (Lipinski definition) is 5. The summed E-state index contributed by atoms with van der Waals surface area (Å²) in [7, 11) is -4.27. The Hall–Kier alpha value is -0.500. The van der Waals surface area contributed by atoms with Gasteiger partial charge in [0.15, 0.2) is 0 Å².